The Bertz CT molecular complexity index is 1380. The van der Waals surface area contributed by atoms with Crippen molar-refractivity contribution >= 4 is 34.5 Å². The van der Waals surface area contributed by atoms with Gasteiger partial charge in [0.25, 0.3) is 11.8 Å². The average Bonchev–Trinajstić information content (AvgIpc) is 3.15. The van der Waals surface area contributed by atoms with Gasteiger partial charge in [-0.1, -0.05) is 38.1 Å². The van der Waals surface area contributed by atoms with E-state index in [0.29, 0.717) is 24.1 Å². The molecule has 0 unspecified atom stereocenters. The van der Waals surface area contributed by atoms with Crippen LogP contribution in [0.4, 0.5) is 0 Å². The van der Waals surface area contributed by atoms with E-state index in [1.54, 1.807) is 45.3 Å². The molecule has 2 N–H and O–H groups in total. The second kappa shape index (κ2) is 12.6. The second-order valence-corrected chi connectivity index (χ2v) is 11.8. The fourth-order valence-corrected chi connectivity index (χ4v) is 4.86. The monoisotopic (exact) mass is 558 g/mol. The van der Waals surface area contributed by atoms with Crippen LogP contribution in [0.15, 0.2) is 60.9 Å². The molecule has 1 aliphatic rings. The number of nitrogens with one attached hydrogen (secondary N) is 2. The Labute approximate surface area is 240 Å². The number of benzene rings is 2. The lowest BCUT2D eigenvalue weighted by atomic mass is 10.0. The number of amides is 3. The summed E-state index contributed by atoms with van der Waals surface area (Å²) in [5, 5.41) is 7.88. The normalized spacial score (nSPS) is 14.7. The summed E-state index contributed by atoms with van der Waals surface area (Å²) in [6.45, 7) is 9.61. The quantitative estimate of drug-likeness (QED) is 0.267. The van der Waals surface area contributed by atoms with Gasteiger partial charge in [0.15, 0.2) is 0 Å². The number of ether oxygens (including phenoxy) is 1. The number of nitrogens with zero attached hydrogens (tertiary/aromatic N) is 2. The first-order valence-electron chi connectivity index (χ1n) is 14.0. The minimum absolute atomic E-state index is 0.00731. The maximum atomic E-state index is 13.3. The molecule has 9 heteroatoms. The lowest BCUT2D eigenvalue weighted by Crippen LogP contribution is -2.53. The predicted octanol–water partition coefficient (Wildman–Crippen LogP) is 4.25. The molecule has 1 aromatic heterocycles. The molecule has 41 heavy (non-hydrogen) atoms. The van der Waals surface area contributed by atoms with Crippen LogP contribution in [0.25, 0.3) is 10.8 Å². The van der Waals surface area contributed by atoms with Crippen molar-refractivity contribution in [3.8, 4) is 0 Å². The van der Waals surface area contributed by atoms with Gasteiger partial charge in [-0.25, -0.2) is 0 Å². The Balaban J connectivity index is 1.51. The van der Waals surface area contributed by atoms with E-state index in [1.165, 1.54) is 4.90 Å². The molecule has 0 spiro atoms. The highest BCUT2D eigenvalue weighted by atomic mass is 16.6. The Morgan fingerprint density at radius 1 is 0.927 bits per heavy atom. The summed E-state index contributed by atoms with van der Waals surface area (Å²) in [6, 6.07) is 13.0. The SMILES string of the molecule is CC(C)C[C@H](N[C@H](CCN1C(=O)c2cc3ccccc3cc2C1=O)C(=O)OC(C)(C)C)C(=O)NCc1ccncc1. The van der Waals surface area contributed by atoms with Crippen LogP contribution in [0.3, 0.4) is 0 Å². The summed E-state index contributed by atoms with van der Waals surface area (Å²) >= 11 is 0. The number of pyridine rings is 1. The number of hydrogen-bond acceptors (Lipinski definition) is 7. The molecule has 9 nitrogen and oxygen atoms in total. The molecule has 2 heterocycles. The van der Waals surface area contributed by atoms with Gasteiger partial charge in [-0.15, -0.1) is 0 Å². The molecule has 0 bridgehead atoms. The Hall–Kier alpha value is -4.11. The van der Waals surface area contributed by atoms with Gasteiger partial charge in [0.1, 0.15) is 11.6 Å². The minimum atomic E-state index is -0.923. The van der Waals surface area contributed by atoms with Gasteiger partial charge in [-0.3, -0.25) is 34.4 Å². The van der Waals surface area contributed by atoms with Crippen LogP contribution in [-0.4, -0.2) is 57.8 Å². The summed E-state index contributed by atoms with van der Waals surface area (Å²) in [5.41, 5.74) is 0.843. The number of carbonyl (C=O) groups excluding carboxylic acids is 4. The Morgan fingerprint density at radius 3 is 2.05 bits per heavy atom. The molecule has 0 radical (unpaired) electrons. The molecule has 4 rings (SSSR count). The van der Waals surface area contributed by atoms with Crippen LogP contribution in [0.1, 0.15) is 73.7 Å². The topological polar surface area (TPSA) is 118 Å². The highest BCUT2D eigenvalue weighted by Crippen LogP contribution is 2.28. The van der Waals surface area contributed by atoms with Gasteiger partial charge >= 0.3 is 5.97 Å². The summed E-state index contributed by atoms with van der Waals surface area (Å²) in [4.78, 5) is 58.3. The minimum Gasteiger partial charge on any atom is -0.459 e. The number of rotatable bonds is 11. The van der Waals surface area contributed by atoms with E-state index in [1.807, 2.05) is 50.2 Å². The molecule has 2 aromatic carbocycles. The molecule has 1 aliphatic heterocycles. The van der Waals surface area contributed by atoms with E-state index in [9.17, 15) is 19.2 Å². The van der Waals surface area contributed by atoms with Crippen molar-refractivity contribution in [2.24, 2.45) is 5.92 Å². The number of hydrogen-bond donors (Lipinski definition) is 2. The molecule has 3 amide bonds. The second-order valence-electron chi connectivity index (χ2n) is 11.8. The first-order chi connectivity index (χ1) is 19.4. The van der Waals surface area contributed by atoms with Crippen molar-refractivity contribution in [2.45, 2.75) is 71.7 Å². The van der Waals surface area contributed by atoms with Crippen molar-refractivity contribution in [1.29, 1.82) is 0 Å². The van der Waals surface area contributed by atoms with Crippen LogP contribution < -0.4 is 10.6 Å². The van der Waals surface area contributed by atoms with Crippen LogP contribution in [0, 0.1) is 5.92 Å². The van der Waals surface area contributed by atoms with Gasteiger partial charge < -0.3 is 10.1 Å². The van der Waals surface area contributed by atoms with E-state index >= 15 is 0 Å². The third-order valence-electron chi connectivity index (χ3n) is 6.81. The van der Waals surface area contributed by atoms with E-state index < -0.39 is 35.5 Å². The van der Waals surface area contributed by atoms with Crippen molar-refractivity contribution < 1.29 is 23.9 Å². The van der Waals surface area contributed by atoms with Crippen LogP contribution >= 0.6 is 0 Å². The maximum Gasteiger partial charge on any atom is 0.323 e. The molecule has 3 aromatic rings. The van der Waals surface area contributed by atoms with Gasteiger partial charge in [-0.05, 0) is 80.1 Å². The summed E-state index contributed by atoms with van der Waals surface area (Å²) < 4.78 is 5.67. The number of esters is 1. The molecule has 0 saturated carbocycles. The number of aromatic nitrogens is 1. The van der Waals surface area contributed by atoms with Crippen LogP contribution in [0.5, 0.6) is 0 Å². The van der Waals surface area contributed by atoms with E-state index in [4.69, 9.17) is 4.74 Å². The lowest BCUT2D eigenvalue weighted by molar-refractivity contribution is -0.158. The Kier molecular flexibility index (Phi) is 9.18. The Morgan fingerprint density at radius 2 is 1.51 bits per heavy atom. The largest absolute Gasteiger partial charge is 0.459 e. The fourth-order valence-electron chi connectivity index (χ4n) is 4.86. The first-order valence-corrected chi connectivity index (χ1v) is 14.0. The standard InChI is InChI=1S/C32H38N4O5/c1-20(2)16-27(28(37)34-19-21-10-13-33-14-11-21)35-26(31(40)41-32(3,4)5)12-15-36-29(38)24-17-22-8-6-7-9-23(22)18-25(24)30(36)39/h6-11,13-14,17-18,20,26-27,35H,12,15-16,19H2,1-5H3,(H,34,37)/t26-,27+/m1/s1. The molecule has 216 valence electrons. The molecule has 0 fully saturated rings. The zero-order valence-electron chi connectivity index (χ0n) is 24.3. The van der Waals surface area contributed by atoms with Gasteiger partial charge in [0.2, 0.25) is 5.91 Å². The predicted molar refractivity (Wildman–Crippen MR) is 156 cm³/mol. The lowest BCUT2D eigenvalue weighted by Gasteiger charge is -2.29. The number of imide groups is 1. The third kappa shape index (κ3) is 7.55. The summed E-state index contributed by atoms with van der Waals surface area (Å²) in [6.07, 6.45) is 3.88. The third-order valence-corrected chi connectivity index (χ3v) is 6.81. The van der Waals surface area contributed by atoms with Crippen molar-refractivity contribution in [3.05, 3.63) is 77.6 Å². The van der Waals surface area contributed by atoms with Crippen LogP contribution in [-0.2, 0) is 20.9 Å². The molecular weight excluding hydrogens is 520 g/mol. The van der Waals surface area contributed by atoms with E-state index in [-0.39, 0.29) is 24.8 Å². The highest BCUT2D eigenvalue weighted by Gasteiger charge is 2.37. The maximum absolute atomic E-state index is 13.3. The molecule has 2 atom stereocenters. The molecule has 0 saturated heterocycles. The molecule has 0 aliphatic carbocycles. The fraction of sp³-hybridized carbons (Fsp3) is 0.406. The summed E-state index contributed by atoms with van der Waals surface area (Å²) in [5.74, 6) is -1.43. The van der Waals surface area contributed by atoms with Gasteiger partial charge in [0, 0.05) is 25.5 Å². The van der Waals surface area contributed by atoms with Gasteiger partial charge in [-0.2, -0.15) is 0 Å². The smallest absolute Gasteiger partial charge is 0.323 e. The van der Waals surface area contributed by atoms with Crippen molar-refractivity contribution in [2.75, 3.05) is 6.54 Å². The average molecular weight is 559 g/mol. The first kappa shape index (κ1) is 29.9. The van der Waals surface area contributed by atoms with E-state index in [0.717, 1.165) is 16.3 Å². The molecular formula is C32H38N4O5. The van der Waals surface area contributed by atoms with Gasteiger partial charge in [0.05, 0.1) is 17.2 Å². The van der Waals surface area contributed by atoms with E-state index in [2.05, 4.69) is 15.6 Å². The van der Waals surface area contributed by atoms with Crippen LogP contribution in [0.2, 0.25) is 0 Å². The summed E-state index contributed by atoms with van der Waals surface area (Å²) in [7, 11) is 0. The highest BCUT2D eigenvalue weighted by molar-refractivity contribution is 6.23. The zero-order valence-corrected chi connectivity index (χ0v) is 24.3. The van der Waals surface area contributed by atoms with Crippen molar-refractivity contribution in [3.63, 3.8) is 0 Å². The number of carbonyl (C=O) groups is 4. The number of fused-ring (bicyclic) bond motifs is 2. The zero-order chi connectivity index (χ0) is 29.7. The van der Waals surface area contributed by atoms with Crippen molar-refractivity contribution in [1.82, 2.24) is 20.5 Å².